The van der Waals surface area contributed by atoms with Gasteiger partial charge in [-0.15, -0.1) is 0 Å². The van der Waals surface area contributed by atoms with Crippen LogP contribution in [-0.2, 0) is 11.2 Å². The molecular formula is C14H14N4O2. The zero-order valence-electron chi connectivity index (χ0n) is 10.7. The Morgan fingerprint density at radius 2 is 2.10 bits per heavy atom. The molecule has 0 aliphatic carbocycles. The second-order valence-corrected chi connectivity index (χ2v) is 4.63. The quantitative estimate of drug-likeness (QED) is 0.745. The van der Waals surface area contributed by atoms with Gasteiger partial charge in [0.1, 0.15) is 6.04 Å². The van der Waals surface area contributed by atoms with Crippen LogP contribution < -0.4 is 16.2 Å². The first-order valence-corrected chi connectivity index (χ1v) is 6.42. The molecule has 1 atom stereocenters. The van der Waals surface area contributed by atoms with E-state index in [0.29, 0.717) is 5.82 Å². The van der Waals surface area contributed by atoms with E-state index in [1.54, 1.807) is 0 Å². The Morgan fingerprint density at radius 1 is 1.25 bits per heavy atom. The second kappa shape index (κ2) is 5.26. The third kappa shape index (κ3) is 2.46. The summed E-state index contributed by atoms with van der Waals surface area (Å²) in [7, 11) is 0. The zero-order chi connectivity index (χ0) is 13.9. The van der Waals surface area contributed by atoms with Gasteiger partial charge in [0, 0.05) is 12.6 Å². The van der Waals surface area contributed by atoms with Crippen LogP contribution in [0.25, 0.3) is 0 Å². The van der Waals surface area contributed by atoms with Crippen molar-refractivity contribution in [2.24, 2.45) is 0 Å². The van der Waals surface area contributed by atoms with Crippen molar-refractivity contribution in [3.63, 3.8) is 0 Å². The molecule has 1 aliphatic rings. The molecule has 0 saturated carbocycles. The second-order valence-electron chi connectivity index (χ2n) is 4.63. The molecule has 20 heavy (non-hydrogen) atoms. The summed E-state index contributed by atoms with van der Waals surface area (Å²) < 4.78 is 0. The minimum Gasteiger partial charge on any atom is -0.308 e. The summed E-state index contributed by atoms with van der Waals surface area (Å²) in [6, 6.07) is 10.3. The van der Waals surface area contributed by atoms with Gasteiger partial charge in [0.05, 0.1) is 0 Å². The summed E-state index contributed by atoms with van der Waals surface area (Å²) >= 11 is 0. The molecule has 2 heterocycles. The van der Waals surface area contributed by atoms with E-state index in [0.717, 1.165) is 18.5 Å². The van der Waals surface area contributed by atoms with Crippen LogP contribution in [0.5, 0.6) is 0 Å². The number of amides is 1. The van der Waals surface area contributed by atoms with Crippen LogP contribution in [0, 0.1) is 0 Å². The molecule has 0 radical (unpaired) electrons. The van der Waals surface area contributed by atoms with Gasteiger partial charge in [-0.3, -0.25) is 9.59 Å². The highest BCUT2D eigenvalue weighted by Gasteiger charge is 2.25. The SMILES string of the molecule is O=C(Nc1ccc(=O)[nH]n1)C1NCCc2ccccc21. The molecule has 1 aliphatic heterocycles. The zero-order valence-corrected chi connectivity index (χ0v) is 10.7. The fourth-order valence-electron chi connectivity index (χ4n) is 2.35. The van der Waals surface area contributed by atoms with Crippen LogP contribution in [0.15, 0.2) is 41.2 Å². The van der Waals surface area contributed by atoms with E-state index in [1.807, 2.05) is 24.3 Å². The number of rotatable bonds is 2. The monoisotopic (exact) mass is 270 g/mol. The lowest BCUT2D eigenvalue weighted by molar-refractivity contribution is -0.118. The predicted octanol–water partition coefficient (Wildman–Crippen LogP) is 0.595. The molecule has 3 N–H and O–H groups in total. The topological polar surface area (TPSA) is 86.9 Å². The Morgan fingerprint density at radius 3 is 2.90 bits per heavy atom. The lowest BCUT2D eigenvalue weighted by atomic mass is 9.94. The molecule has 0 fully saturated rings. The average Bonchev–Trinajstić information content (AvgIpc) is 2.49. The normalized spacial score (nSPS) is 17.3. The first-order valence-electron chi connectivity index (χ1n) is 6.42. The summed E-state index contributed by atoms with van der Waals surface area (Å²) in [6.45, 7) is 0.758. The molecule has 0 saturated heterocycles. The summed E-state index contributed by atoms with van der Waals surface area (Å²) in [5.41, 5.74) is 1.87. The third-order valence-electron chi connectivity index (χ3n) is 3.30. The maximum Gasteiger partial charge on any atom is 0.264 e. The highest BCUT2D eigenvalue weighted by Crippen LogP contribution is 2.23. The van der Waals surface area contributed by atoms with Crippen molar-refractivity contribution in [2.45, 2.75) is 12.5 Å². The molecule has 3 rings (SSSR count). The summed E-state index contributed by atoms with van der Waals surface area (Å²) in [4.78, 5) is 23.2. The number of aromatic amines is 1. The fourth-order valence-corrected chi connectivity index (χ4v) is 2.35. The number of fused-ring (bicyclic) bond motifs is 1. The number of nitrogens with zero attached hydrogens (tertiary/aromatic N) is 1. The lowest BCUT2D eigenvalue weighted by Crippen LogP contribution is -2.38. The number of H-pyrrole nitrogens is 1. The van der Waals surface area contributed by atoms with Gasteiger partial charge in [0.2, 0.25) is 5.91 Å². The average molecular weight is 270 g/mol. The largest absolute Gasteiger partial charge is 0.308 e. The van der Waals surface area contributed by atoms with Crippen LogP contribution in [0.1, 0.15) is 17.2 Å². The lowest BCUT2D eigenvalue weighted by Gasteiger charge is -2.25. The van der Waals surface area contributed by atoms with Gasteiger partial charge in [-0.05, 0) is 23.6 Å². The number of carbonyl (C=O) groups excluding carboxylic acids is 1. The Hall–Kier alpha value is -2.47. The molecule has 0 bridgehead atoms. The van der Waals surface area contributed by atoms with Crippen molar-refractivity contribution < 1.29 is 4.79 Å². The number of benzene rings is 1. The molecular weight excluding hydrogens is 256 g/mol. The highest BCUT2D eigenvalue weighted by atomic mass is 16.2. The van der Waals surface area contributed by atoms with E-state index in [4.69, 9.17) is 0 Å². The van der Waals surface area contributed by atoms with E-state index >= 15 is 0 Å². The van der Waals surface area contributed by atoms with Gasteiger partial charge >= 0.3 is 0 Å². The molecule has 1 unspecified atom stereocenters. The Bertz CT molecular complexity index is 675. The van der Waals surface area contributed by atoms with Crippen molar-refractivity contribution in [3.8, 4) is 0 Å². The maximum absolute atomic E-state index is 12.3. The van der Waals surface area contributed by atoms with Gasteiger partial charge in [0.25, 0.3) is 5.56 Å². The summed E-state index contributed by atoms with van der Waals surface area (Å²) in [6.07, 6.45) is 0.914. The van der Waals surface area contributed by atoms with Gasteiger partial charge in [-0.1, -0.05) is 24.3 Å². The van der Waals surface area contributed by atoms with Crippen molar-refractivity contribution in [1.29, 1.82) is 0 Å². The van der Waals surface area contributed by atoms with E-state index in [1.165, 1.54) is 17.7 Å². The Kier molecular flexibility index (Phi) is 3.30. The number of anilines is 1. The van der Waals surface area contributed by atoms with Crippen molar-refractivity contribution >= 4 is 11.7 Å². The number of carbonyl (C=O) groups is 1. The summed E-state index contributed by atoms with van der Waals surface area (Å²) in [5, 5.41) is 12.0. The minimum absolute atomic E-state index is 0.184. The highest BCUT2D eigenvalue weighted by molar-refractivity contribution is 5.95. The Labute approximate surface area is 115 Å². The van der Waals surface area contributed by atoms with Gasteiger partial charge < -0.3 is 10.6 Å². The van der Waals surface area contributed by atoms with Crippen LogP contribution in [0.4, 0.5) is 5.82 Å². The molecule has 1 aromatic carbocycles. The minimum atomic E-state index is -0.395. The smallest absolute Gasteiger partial charge is 0.264 e. The van der Waals surface area contributed by atoms with Crippen LogP contribution in [0.3, 0.4) is 0 Å². The molecule has 1 aromatic heterocycles. The fraction of sp³-hybridized carbons (Fsp3) is 0.214. The van der Waals surface area contributed by atoms with E-state index < -0.39 is 6.04 Å². The summed E-state index contributed by atoms with van der Waals surface area (Å²) in [5.74, 6) is 0.149. The van der Waals surface area contributed by atoms with Gasteiger partial charge in [-0.25, -0.2) is 5.10 Å². The van der Waals surface area contributed by atoms with E-state index in [-0.39, 0.29) is 11.5 Å². The standard InChI is InChI=1S/C14H14N4O2/c19-12-6-5-11(17-18-12)16-14(20)13-10-4-2-1-3-9(10)7-8-15-13/h1-6,13,15H,7-8H2,(H,18,19)(H,16,17,20). The molecule has 0 spiro atoms. The number of aromatic nitrogens is 2. The first kappa shape index (κ1) is 12.6. The van der Waals surface area contributed by atoms with Gasteiger partial charge in [0.15, 0.2) is 5.82 Å². The molecule has 6 nitrogen and oxygen atoms in total. The van der Waals surface area contributed by atoms with Crippen molar-refractivity contribution in [1.82, 2.24) is 15.5 Å². The number of hydrogen-bond donors (Lipinski definition) is 3. The van der Waals surface area contributed by atoms with E-state index in [9.17, 15) is 9.59 Å². The van der Waals surface area contributed by atoms with E-state index in [2.05, 4.69) is 20.8 Å². The third-order valence-corrected chi connectivity index (χ3v) is 3.30. The van der Waals surface area contributed by atoms with Crippen LogP contribution >= 0.6 is 0 Å². The molecule has 6 heteroatoms. The van der Waals surface area contributed by atoms with Crippen molar-refractivity contribution in [2.75, 3.05) is 11.9 Å². The Balaban J connectivity index is 1.81. The van der Waals surface area contributed by atoms with Crippen LogP contribution in [-0.4, -0.2) is 22.6 Å². The van der Waals surface area contributed by atoms with Crippen LogP contribution in [0.2, 0.25) is 0 Å². The number of nitrogens with one attached hydrogen (secondary N) is 3. The number of hydrogen-bond acceptors (Lipinski definition) is 4. The first-order chi connectivity index (χ1) is 9.74. The predicted molar refractivity (Wildman–Crippen MR) is 74.4 cm³/mol. The molecule has 2 aromatic rings. The molecule has 1 amide bonds. The van der Waals surface area contributed by atoms with Crippen molar-refractivity contribution in [3.05, 3.63) is 57.9 Å². The molecule has 102 valence electrons. The van der Waals surface area contributed by atoms with Gasteiger partial charge in [-0.2, -0.15) is 5.10 Å². The maximum atomic E-state index is 12.3.